The Bertz CT molecular complexity index is 330. The van der Waals surface area contributed by atoms with Crippen LogP contribution in [0.5, 0.6) is 0 Å². The first-order chi connectivity index (χ1) is 9.74. The molecule has 20 heavy (non-hydrogen) atoms. The van der Waals surface area contributed by atoms with Gasteiger partial charge in [0.05, 0.1) is 13.5 Å². The molecule has 0 unspecified atom stereocenters. The third-order valence-electron chi connectivity index (χ3n) is 2.79. The van der Waals surface area contributed by atoms with Crippen molar-refractivity contribution in [2.24, 2.45) is 0 Å². The van der Waals surface area contributed by atoms with Crippen LogP contribution in [0.2, 0.25) is 0 Å². The maximum absolute atomic E-state index is 11.3. The highest BCUT2D eigenvalue weighted by molar-refractivity contribution is 8.02. The lowest BCUT2D eigenvalue weighted by Crippen LogP contribution is -2.00. The Morgan fingerprint density at radius 3 is 2.45 bits per heavy atom. The van der Waals surface area contributed by atoms with Crippen LogP contribution in [0, 0.1) is 0 Å². The lowest BCUT2D eigenvalue weighted by atomic mass is 10.1. The molecule has 0 aromatic carbocycles. The number of carbonyl (C=O) groups excluding carboxylic acids is 1. The Morgan fingerprint density at radius 1 is 1.15 bits per heavy atom. The van der Waals surface area contributed by atoms with Gasteiger partial charge in [-0.1, -0.05) is 37.6 Å². The van der Waals surface area contributed by atoms with E-state index in [1.807, 2.05) is 0 Å². The maximum Gasteiger partial charge on any atom is 0.309 e. The van der Waals surface area contributed by atoms with Gasteiger partial charge in [-0.25, -0.2) is 0 Å². The summed E-state index contributed by atoms with van der Waals surface area (Å²) < 4.78 is 4.71. The fourth-order valence-corrected chi connectivity index (χ4v) is 2.21. The van der Waals surface area contributed by atoms with Crippen molar-refractivity contribution in [1.29, 1.82) is 0 Å². The van der Waals surface area contributed by atoms with E-state index in [0.717, 1.165) is 17.7 Å². The van der Waals surface area contributed by atoms with Gasteiger partial charge in [-0.05, 0) is 49.3 Å². The van der Waals surface area contributed by atoms with Crippen LogP contribution < -0.4 is 0 Å². The molecule has 114 valence electrons. The molecular weight excluding hydrogens is 268 g/mol. The molecule has 0 fully saturated rings. The second-order valence-corrected chi connectivity index (χ2v) is 5.66. The Morgan fingerprint density at radius 2 is 1.85 bits per heavy atom. The highest BCUT2D eigenvalue weighted by Crippen LogP contribution is 2.13. The predicted octanol–water partition coefficient (Wildman–Crippen LogP) is 5.27. The minimum atomic E-state index is -0.177. The van der Waals surface area contributed by atoms with Crippen LogP contribution in [0.3, 0.4) is 0 Å². The Labute approximate surface area is 128 Å². The average molecular weight is 296 g/mol. The molecule has 0 aliphatic rings. The van der Waals surface area contributed by atoms with E-state index >= 15 is 0 Å². The number of thioether (sulfide) groups is 1. The highest BCUT2D eigenvalue weighted by Gasteiger charge is 2.02. The lowest BCUT2D eigenvalue weighted by molar-refractivity contribution is -0.139. The lowest BCUT2D eigenvalue weighted by Gasteiger charge is -2.01. The van der Waals surface area contributed by atoms with Gasteiger partial charge in [0.2, 0.25) is 0 Å². The van der Waals surface area contributed by atoms with Gasteiger partial charge in [0.25, 0.3) is 0 Å². The molecule has 3 heteroatoms. The molecular formula is C17H28O2S. The number of hydrogen-bond donors (Lipinski definition) is 0. The number of esters is 1. The number of rotatable bonds is 11. The molecule has 0 heterocycles. The first kappa shape index (κ1) is 19.0. The Hall–Kier alpha value is -0.960. The summed E-state index contributed by atoms with van der Waals surface area (Å²) in [5, 5.41) is 2.06. The van der Waals surface area contributed by atoms with Gasteiger partial charge >= 0.3 is 5.97 Å². The van der Waals surface area contributed by atoms with Crippen LogP contribution in [0.1, 0.15) is 52.4 Å². The zero-order valence-corrected chi connectivity index (χ0v) is 13.9. The summed E-state index contributed by atoms with van der Waals surface area (Å²) in [6, 6.07) is 0. The van der Waals surface area contributed by atoms with Gasteiger partial charge in [-0.2, -0.15) is 0 Å². The van der Waals surface area contributed by atoms with Crippen LogP contribution in [-0.2, 0) is 9.53 Å². The largest absolute Gasteiger partial charge is 0.469 e. The van der Waals surface area contributed by atoms with Crippen molar-refractivity contribution in [1.82, 2.24) is 0 Å². The summed E-state index contributed by atoms with van der Waals surface area (Å²) in [7, 11) is 1.43. The third kappa shape index (κ3) is 12.1. The van der Waals surface area contributed by atoms with Crippen LogP contribution in [-0.4, -0.2) is 18.8 Å². The predicted molar refractivity (Wildman–Crippen MR) is 89.9 cm³/mol. The van der Waals surface area contributed by atoms with E-state index in [1.54, 1.807) is 11.8 Å². The van der Waals surface area contributed by atoms with Gasteiger partial charge in [0, 0.05) is 0 Å². The molecule has 0 amide bonds. The van der Waals surface area contributed by atoms with Gasteiger partial charge in [-0.3, -0.25) is 4.79 Å². The fourth-order valence-electron chi connectivity index (χ4n) is 1.67. The molecule has 0 saturated carbocycles. The van der Waals surface area contributed by atoms with E-state index in [1.165, 1.54) is 32.8 Å². The zero-order valence-electron chi connectivity index (χ0n) is 13.1. The molecule has 0 aliphatic heterocycles. The van der Waals surface area contributed by atoms with Crippen LogP contribution in [0.4, 0.5) is 0 Å². The van der Waals surface area contributed by atoms with Gasteiger partial charge in [0.15, 0.2) is 0 Å². The van der Waals surface area contributed by atoms with E-state index in [2.05, 4.69) is 43.6 Å². The van der Waals surface area contributed by atoms with E-state index < -0.39 is 0 Å². The maximum atomic E-state index is 11.3. The fraction of sp³-hybridized carbons (Fsp3) is 0.588. The summed E-state index contributed by atoms with van der Waals surface area (Å²) in [4.78, 5) is 11.3. The number of ether oxygens (including phenoxy) is 1. The molecule has 0 bridgehead atoms. The van der Waals surface area contributed by atoms with Crippen molar-refractivity contribution in [3.8, 4) is 0 Å². The first-order valence-electron chi connectivity index (χ1n) is 7.39. The quantitative estimate of drug-likeness (QED) is 0.225. The van der Waals surface area contributed by atoms with Crippen molar-refractivity contribution >= 4 is 17.7 Å². The summed E-state index contributed by atoms with van der Waals surface area (Å²) >= 11 is 1.72. The molecule has 0 N–H and O–H groups in total. The number of unbranched alkanes of at least 4 members (excludes halogenated alkanes) is 4. The first-order valence-corrected chi connectivity index (χ1v) is 8.44. The SMILES string of the molecule is C/C=C/CCCCC/C=C/C(=C/SCC)CC(=O)OC. The Kier molecular flexibility index (Phi) is 13.8. The van der Waals surface area contributed by atoms with Crippen molar-refractivity contribution in [3.05, 3.63) is 35.3 Å². The second kappa shape index (κ2) is 14.4. The van der Waals surface area contributed by atoms with Crippen LogP contribution in [0.25, 0.3) is 0 Å². The number of methoxy groups -OCH3 is 1. The van der Waals surface area contributed by atoms with E-state index in [9.17, 15) is 4.79 Å². The van der Waals surface area contributed by atoms with Crippen molar-refractivity contribution in [3.63, 3.8) is 0 Å². The normalized spacial score (nSPS) is 12.4. The molecule has 0 aliphatic carbocycles. The van der Waals surface area contributed by atoms with E-state index in [4.69, 9.17) is 4.74 Å². The summed E-state index contributed by atoms with van der Waals surface area (Å²) in [6.45, 7) is 4.16. The van der Waals surface area contributed by atoms with Crippen molar-refractivity contribution in [2.45, 2.75) is 52.4 Å². The van der Waals surface area contributed by atoms with E-state index in [-0.39, 0.29) is 5.97 Å². The summed E-state index contributed by atoms with van der Waals surface area (Å²) in [5.41, 5.74) is 1.04. The smallest absolute Gasteiger partial charge is 0.309 e. The molecule has 0 spiro atoms. The zero-order chi connectivity index (χ0) is 15.1. The molecule has 0 aromatic rings. The van der Waals surface area contributed by atoms with Gasteiger partial charge in [0.1, 0.15) is 0 Å². The summed E-state index contributed by atoms with van der Waals surface area (Å²) in [5.74, 6) is 0.840. The molecule has 0 rings (SSSR count). The van der Waals surface area contributed by atoms with Crippen LogP contribution in [0.15, 0.2) is 35.3 Å². The van der Waals surface area contributed by atoms with Crippen molar-refractivity contribution in [2.75, 3.05) is 12.9 Å². The number of carbonyl (C=O) groups is 1. The monoisotopic (exact) mass is 296 g/mol. The molecule has 0 radical (unpaired) electrons. The number of allylic oxidation sites excluding steroid dienone is 4. The summed E-state index contributed by atoms with van der Waals surface area (Å²) in [6.07, 6.45) is 14.9. The standard InChI is InChI=1S/C17H28O2S/c1-4-6-7-8-9-10-11-12-13-16(15-20-5-2)14-17(18)19-3/h4,6,12-13,15H,5,7-11,14H2,1-3H3/b6-4+,13-12+,16-15-. The molecule has 0 aromatic heterocycles. The van der Waals surface area contributed by atoms with Crippen LogP contribution >= 0.6 is 11.8 Å². The minimum Gasteiger partial charge on any atom is -0.469 e. The second-order valence-electron chi connectivity index (χ2n) is 4.51. The average Bonchev–Trinajstić information content (AvgIpc) is 2.46. The van der Waals surface area contributed by atoms with Gasteiger partial charge < -0.3 is 4.74 Å². The topological polar surface area (TPSA) is 26.3 Å². The molecule has 0 saturated heterocycles. The third-order valence-corrected chi connectivity index (χ3v) is 3.59. The molecule has 2 nitrogen and oxygen atoms in total. The Balaban J connectivity index is 3.97. The van der Waals surface area contributed by atoms with Gasteiger partial charge in [-0.15, -0.1) is 11.8 Å². The number of hydrogen-bond acceptors (Lipinski definition) is 3. The van der Waals surface area contributed by atoms with E-state index in [0.29, 0.717) is 6.42 Å². The highest BCUT2D eigenvalue weighted by atomic mass is 32.2. The minimum absolute atomic E-state index is 0.177. The molecule has 0 atom stereocenters. The van der Waals surface area contributed by atoms with Crippen molar-refractivity contribution < 1.29 is 9.53 Å².